The molecule has 0 fully saturated rings. The van der Waals surface area contributed by atoms with Crippen LogP contribution >= 0.6 is 0 Å². The fourth-order valence-electron chi connectivity index (χ4n) is 1.96. The molecule has 0 aliphatic rings. The quantitative estimate of drug-likeness (QED) is 0.680. The second-order valence-corrected chi connectivity index (χ2v) is 6.94. The van der Waals surface area contributed by atoms with Gasteiger partial charge in [-0.15, -0.1) is 0 Å². The first-order valence-electron chi connectivity index (χ1n) is 7.13. The van der Waals surface area contributed by atoms with E-state index in [1.807, 2.05) is 0 Å². The first-order chi connectivity index (χ1) is 11.7. The molecule has 2 amide bonds. The van der Waals surface area contributed by atoms with Crippen LogP contribution in [0, 0.1) is 0 Å². The SMILES string of the molecule is CS(=O)(=O)Nc1cccc(NC(=O)c2cccc(OCC(N)=O)c2)c1. The molecule has 0 atom stereocenters. The van der Waals surface area contributed by atoms with Gasteiger partial charge in [-0.2, -0.15) is 0 Å². The maximum Gasteiger partial charge on any atom is 0.255 e. The number of hydrogen-bond acceptors (Lipinski definition) is 5. The van der Waals surface area contributed by atoms with Crippen molar-refractivity contribution in [2.75, 3.05) is 22.9 Å². The van der Waals surface area contributed by atoms with Gasteiger partial charge in [-0.05, 0) is 36.4 Å². The summed E-state index contributed by atoms with van der Waals surface area (Å²) in [6, 6.07) is 12.5. The van der Waals surface area contributed by atoms with Crippen molar-refractivity contribution in [1.82, 2.24) is 0 Å². The number of nitrogens with one attached hydrogen (secondary N) is 2. The minimum Gasteiger partial charge on any atom is -0.484 e. The Bertz CT molecular complexity index is 896. The van der Waals surface area contributed by atoms with E-state index in [1.54, 1.807) is 36.4 Å². The Hall–Kier alpha value is -3.07. The summed E-state index contributed by atoms with van der Waals surface area (Å²) in [7, 11) is -3.41. The highest BCUT2D eigenvalue weighted by molar-refractivity contribution is 7.92. The van der Waals surface area contributed by atoms with Crippen LogP contribution in [0.2, 0.25) is 0 Å². The smallest absolute Gasteiger partial charge is 0.255 e. The summed E-state index contributed by atoms with van der Waals surface area (Å²) in [5, 5.41) is 2.66. The van der Waals surface area contributed by atoms with E-state index in [0.29, 0.717) is 22.7 Å². The Labute approximate surface area is 145 Å². The molecule has 25 heavy (non-hydrogen) atoms. The maximum absolute atomic E-state index is 12.3. The Kier molecular flexibility index (Phi) is 5.60. The fourth-order valence-corrected chi connectivity index (χ4v) is 2.51. The molecule has 4 N–H and O–H groups in total. The van der Waals surface area contributed by atoms with Gasteiger partial charge in [0.15, 0.2) is 6.61 Å². The molecule has 2 aromatic rings. The van der Waals surface area contributed by atoms with Gasteiger partial charge in [0.2, 0.25) is 10.0 Å². The first kappa shape index (κ1) is 18.3. The van der Waals surface area contributed by atoms with Gasteiger partial charge >= 0.3 is 0 Å². The van der Waals surface area contributed by atoms with E-state index in [1.165, 1.54) is 12.1 Å². The molecular weight excluding hydrogens is 346 g/mol. The van der Waals surface area contributed by atoms with Crippen LogP contribution < -0.4 is 20.5 Å². The van der Waals surface area contributed by atoms with Crippen LogP contribution in [0.25, 0.3) is 0 Å². The second kappa shape index (κ2) is 7.67. The number of primary amides is 1. The lowest BCUT2D eigenvalue weighted by Crippen LogP contribution is -2.20. The molecule has 0 spiro atoms. The number of nitrogens with two attached hydrogens (primary N) is 1. The zero-order valence-corrected chi connectivity index (χ0v) is 14.2. The number of amides is 2. The summed E-state index contributed by atoms with van der Waals surface area (Å²) in [4.78, 5) is 23.0. The Morgan fingerprint density at radius 1 is 1.08 bits per heavy atom. The van der Waals surface area contributed by atoms with Crippen molar-refractivity contribution in [2.45, 2.75) is 0 Å². The van der Waals surface area contributed by atoms with Crippen molar-refractivity contribution < 1.29 is 22.7 Å². The Morgan fingerprint density at radius 2 is 1.76 bits per heavy atom. The van der Waals surface area contributed by atoms with E-state index >= 15 is 0 Å². The molecule has 2 rings (SSSR count). The van der Waals surface area contributed by atoms with E-state index in [4.69, 9.17) is 10.5 Å². The highest BCUT2D eigenvalue weighted by Gasteiger charge is 2.09. The third-order valence-corrected chi connectivity index (χ3v) is 3.51. The van der Waals surface area contributed by atoms with Gasteiger partial charge in [-0.25, -0.2) is 8.42 Å². The fraction of sp³-hybridized carbons (Fsp3) is 0.125. The predicted molar refractivity (Wildman–Crippen MR) is 94.0 cm³/mol. The van der Waals surface area contributed by atoms with Crippen molar-refractivity contribution in [3.8, 4) is 5.75 Å². The number of benzene rings is 2. The Morgan fingerprint density at radius 3 is 2.44 bits per heavy atom. The third-order valence-electron chi connectivity index (χ3n) is 2.90. The monoisotopic (exact) mass is 363 g/mol. The molecule has 0 aromatic heterocycles. The van der Waals surface area contributed by atoms with E-state index in [-0.39, 0.29) is 6.61 Å². The molecule has 0 unspecified atom stereocenters. The molecule has 0 heterocycles. The summed E-state index contributed by atoms with van der Waals surface area (Å²) in [6.07, 6.45) is 1.04. The molecule has 9 heteroatoms. The van der Waals surface area contributed by atoms with Crippen LogP contribution in [0.1, 0.15) is 10.4 Å². The third kappa shape index (κ3) is 6.15. The summed E-state index contributed by atoms with van der Waals surface area (Å²) >= 11 is 0. The van der Waals surface area contributed by atoms with Gasteiger partial charge in [0, 0.05) is 11.3 Å². The van der Waals surface area contributed by atoms with Crippen LogP contribution in [0.3, 0.4) is 0 Å². The number of anilines is 2. The molecule has 0 radical (unpaired) electrons. The van der Waals surface area contributed by atoms with E-state index in [9.17, 15) is 18.0 Å². The van der Waals surface area contributed by atoms with Crippen LogP contribution in [-0.4, -0.2) is 33.1 Å². The van der Waals surface area contributed by atoms with Gasteiger partial charge < -0.3 is 15.8 Å². The summed E-state index contributed by atoms with van der Waals surface area (Å²) in [6.45, 7) is -0.287. The molecule has 0 saturated heterocycles. The average Bonchev–Trinajstić information content (AvgIpc) is 2.52. The number of rotatable bonds is 7. The summed E-state index contributed by atoms with van der Waals surface area (Å²) < 4.78 is 30.0. The number of hydrogen-bond donors (Lipinski definition) is 3. The molecule has 132 valence electrons. The maximum atomic E-state index is 12.3. The lowest BCUT2D eigenvalue weighted by molar-refractivity contribution is -0.119. The molecule has 2 aromatic carbocycles. The van der Waals surface area contributed by atoms with Crippen LogP contribution in [0.4, 0.5) is 11.4 Å². The van der Waals surface area contributed by atoms with Crippen molar-refractivity contribution in [3.63, 3.8) is 0 Å². The number of ether oxygens (including phenoxy) is 1. The summed E-state index contributed by atoms with van der Waals surface area (Å²) in [5.41, 5.74) is 6.07. The number of sulfonamides is 1. The first-order valence-corrected chi connectivity index (χ1v) is 9.02. The van der Waals surface area contributed by atoms with Crippen molar-refractivity contribution in [2.24, 2.45) is 5.73 Å². The minimum absolute atomic E-state index is 0.287. The Balaban J connectivity index is 2.10. The zero-order chi connectivity index (χ0) is 18.4. The topological polar surface area (TPSA) is 128 Å². The lowest BCUT2D eigenvalue weighted by Gasteiger charge is -2.09. The van der Waals surface area contributed by atoms with E-state index in [0.717, 1.165) is 6.26 Å². The van der Waals surface area contributed by atoms with E-state index in [2.05, 4.69) is 10.0 Å². The van der Waals surface area contributed by atoms with Crippen LogP contribution in [-0.2, 0) is 14.8 Å². The number of carbonyl (C=O) groups is 2. The molecule has 0 aliphatic heterocycles. The predicted octanol–water partition coefficient (Wildman–Crippen LogP) is 1.17. The molecule has 0 bridgehead atoms. The second-order valence-electron chi connectivity index (χ2n) is 5.19. The summed E-state index contributed by atoms with van der Waals surface area (Å²) in [5.74, 6) is -0.704. The largest absolute Gasteiger partial charge is 0.484 e. The highest BCUT2D eigenvalue weighted by Crippen LogP contribution is 2.18. The molecule has 8 nitrogen and oxygen atoms in total. The van der Waals surface area contributed by atoms with E-state index < -0.39 is 21.8 Å². The van der Waals surface area contributed by atoms with Gasteiger partial charge in [-0.1, -0.05) is 12.1 Å². The average molecular weight is 363 g/mol. The number of carbonyl (C=O) groups excluding carboxylic acids is 2. The van der Waals surface area contributed by atoms with Gasteiger partial charge in [0.05, 0.1) is 11.9 Å². The lowest BCUT2D eigenvalue weighted by atomic mass is 10.2. The standard InChI is InChI=1S/C16H17N3O5S/c1-25(22,23)19-13-6-3-5-12(9-13)18-16(21)11-4-2-7-14(8-11)24-10-15(17)20/h2-9,19H,10H2,1H3,(H2,17,20)(H,18,21). The van der Waals surface area contributed by atoms with Crippen LogP contribution in [0.15, 0.2) is 48.5 Å². The van der Waals surface area contributed by atoms with Crippen molar-refractivity contribution in [3.05, 3.63) is 54.1 Å². The van der Waals surface area contributed by atoms with Crippen molar-refractivity contribution >= 4 is 33.2 Å². The van der Waals surface area contributed by atoms with Gasteiger partial charge in [0.1, 0.15) is 5.75 Å². The van der Waals surface area contributed by atoms with Crippen molar-refractivity contribution in [1.29, 1.82) is 0 Å². The minimum atomic E-state index is -3.41. The molecule has 0 aliphatic carbocycles. The molecular formula is C16H17N3O5S. The van der Waals surface area contributed by atoms with Crippen LogP contribution in [0.5, 0.6) is 5.75 Å². The zero-order valence-electron chi connectivity index (χ0n) is 13.4. The molecule has 0 saturated carbocycles. The van der Waals surface area contributed by atoms with Gasteiger partial charge in [-0.3, -0.25) is 14.3 Å². The normalized spacial score (nSPS) is 10.8. The van der Waals surface area contributed by atoms with Gasteiger partial charge in [0.25, 0.3) is 11.8 Å². The highest BCUT2D eigenvalue weighted by atomic mass is 32.2.